The van der Waals surface area contributed by atoms with E-state index < -0.39 is 11.2 Å². The molecule has 1 aliphatic heterocycles. The van der Waals surface area contributed by atoms with Gasteiger partial charge in [-0.3, -0.25) is 4.90 Å². The van der Waals surface area contributed by atoms with Crippen molar-refractivity contribution in [2.24, 2.45) is 0 Å². The van der Waals surface area contributed by atoms with Gasteiger partial charge in [0.05, 0.1) is 12.2 Å². The molecule has 0 spiro atoms. The number of rotatable bonds is 6. The molecule has 1 amide bonds. The highest BCUT2D eigenvalue weighted by molar-refractivity contribution is 5.91. The van der Waals surface area contributed by atoms with Crippen molar-refractivity contribution in [2.45, 2.75) is 51.2 Å². The number of methoxy groups -OCH3 is 1. The molecule has 0 aliphatic carbocycles. The van der Waals surface area contributed by atoms with Crippen LogP contribution in [0.15, 0.2) is 48.5 Å². The SMILES string of the molecule is COC1(CCCc2ccc(N(C)C)cc2)CN(C(=O)OC(C)(C)C)c2ccccc21. The second-order valence-electron chi connectivity index (χ2n) is 9.20. The smallest absolute Gasteiger partial charge is 0.414 e. The molecule has 1 aliphatic rings. The summed E-state index contributed by atoms with van der Waals surface area (Å²) in [6.07, 6.45) is 2.43. The first-order valence-corrected chi connectivity index (χ1v) is 10.6. The largest absolute Gasteiger partial charge is 0.443 e. The fraction of sp³-hybridized carbons (Fsp3) is 0.480. The second kappa shape index (κ2) is 8.68. The van der Waals surface area contributed by atoms with Crippen LogP contribution in [0.5, 0.6) is 0 Å². The Morgan fingerprint density at radius 2 is 1.77 bits per heavy atom. The van der Waals surface area contributed by atoms with Gasteiger partial charge in [-0.1, -0.05) is 30.3 Å². The molecule has 1 unspecified atom stereocenters. The van der Waals surface area contributed by atoms with E-state index in [2.05, 4.69) is 35.2 Å². The summed E-state index contributed by atoms with van der Waals surface area (Å²) in [4.78, 5) is 16.7. The molecule has 0 saturated heterocycles. The van der Waals surface area contributed by atoms with Crippen LogP contribution in [0, 0.1) is 0 Å². The summed E-state index contributed by atoms with van der Waals surface area (Å²) in [5.41, 5.74) is 3.39. The first-order valence-electron chi connectivity index (χ1n) is 10.6. The van der Waals surface area contributed by atoms with Crippen molar-refractivity contribution in [1.82, 2.24) is 0 Å². The summed E-state index contributed by atoms with van der Waals surface area (Å²) in [6, 6.07) is 16.7. The van der Waals surface area contributed by atoms with E-state index in [1.54, 1.807) is 12.0 Å². The first kappa shape index (κ1) is 22.2. The number of benzene rings is 2. The Kier molecular flexibility index (Phi) is 6.41. The number of anilines is 2. The molecule has 0 radical (unpaired) electrons. The van der Waals surface area contributed by atoms with Gasteiger partial charge in [-0.25, -0.2) is 4.79 Å². The Hall–Kier alpha value is -2.53. The topological polar surface area (TPSA) is 42.0 Å². The van der Waals surface area contributed by atoms with E-state index in [-0.39, 0.29) is 6.09 Å². The molecular weight excluding hydrogens is 376 g/mol. The molecule has 0 fully saturated rings. The van der Waals surface area contributed by atoms with Crippen molar-refractivity contribution in [2.75, 3.05) is 37.5 Å². The standard InChI is InChI=1S/C25H34N2O3/c1-24(2,3)30-23(28)27-18-25(29-6,21-11-7-8-12-22(21)27)17-9-10-19-13-15-20(16-14-19)26(4)5/h7-8,11-16H,9-10,17-18H2,1-6H3. The number of para-hydroxylation sites is 1. The van der Waals surface area contributed by atoms with Crippen LogP contribution in [-0.4, -0.2) is 39.4 Å². The summed E-state index contributed by atoms with van der Waals surface area (Å²) >= 11 is 0. The van der Waals surface area contributed by atoms with E-state index in [1.807, 2.05) is 53.1 Å². The molecule has 0 bridgehead atoms. The number of hydrogen-bond donors (Lipinski definition) is 0. The average Bonchev–Trinajstić information content (AvgIpc) is 3.03. The van der Waals surface area contributed by atoms with E-state index in [0.717, 1.165) is 30.5 Å². The number of hydrogen-bond acceptors (Lipinski definition) is 4. The Morgan fingerprint density at radius 1 is 1.10 bits per heavy atom. The number of carbonyl (C=O) groups excluding carboxylic acids is 1. The minimum atomic E-state index is -0.539. The summed E-state index contributed by atoms with van der Waals surface area (Å²) in [5.74, 6) is 0. The molecule has 2 aromatic carbocycles. The van der Waals surface area contributed by atoms with Gasteiger partial charge in [-0.2, -0.15) is 0 Å². The van der Waals surface area contributed by atoms with Gasteiger partial charge in [0.1, 0.15) is 11.2 Å². The van der Waals surface area contributed by atoms with Gasteiger partial charge >= 0.3 is 6.09 Å². The van der Waals surface area contributed by atoms with E-state index in [9.17, 15) is 4.79 Å². The normalized spacial score (nSPS) is 18.3. The minimum absolute atomic E-state index is 0.326. The van der Waals surface area contributed by atoms with E-state index in [0.29, 0.717) is 6.54 Å². The number of nitrogens with zero attached hydrogens (tertiary/aromatic N) is 2. The monoisotopic (exact) mass is 410 g/mol. The third-order valence-electron chi connectivity index (χ3n) is 5.60. The van der Waals surface area contributed by atoms with Crippen LogP contribution in [-0.2, 0) is 21.5 Å². The van der Waals surface area contributed by atoms with Crippen molar-refractivity contribution < 1.29 is 14.3 Å². The van der Waals surface area contributed by atoms with Crippen molar-refractivity contribution in [1.29, 1.82) is 0 Å². The second-order valence-corrected chi connectivity index (χ2v) is 9.20. The van der Waals surface area contributed by atoms with Crippen molar-refractivity contribution >= 4 is 17.5 Å². The third-order valence-corrected chi connectivity index (χ3v) is 5.60. The number of amides is 1. The van der Waals surface area contributed by atoms with Crippen molar-refractivity contribution in [3.8, 4) is 0 Å². The molecule has 0 N–H and O–H groups in total. The van der Waals surface area contributed by atoms with Crippen LogP contribution in [0.2, 0.25) is 0 Å². The Labute approximate surface area is 180 Å². The molecule has 0 saturated carbocycles. The van der Waals surface area contributed by atoms with Crippen LogP contribution in [0.25, 0.3) is 0 Å². The molecule has 1 heterocycles. The summed E-state index contributed by atoms with van der Waals surface area (Å²) in [5, 5.41) is 0. The van der Waals surface area contributed by atoms with E-state index >= 15 is 0 Å². The molecule has 30 heavy (non-hydrogen) atoms. The zero-order chi connectivity index (χ0) is 21.9. The van der Waals surface area contributed by atoms with Gasteiger partial charge in [-0.15, -0.1) is 0 Å². The molecule has 162 valence electrons. The Bertz CT molecular complexity index is 871. The van der Waals surface area contributed by atoms with Gasteiger partial charge in [0.2, 0.25) is 0 Å². The summed E-state index contributed by atoms with van der Waals surface area (Å²) in [6.45, 7) is 6.13. The Morgan fingerprint density at radius 3 is 2.37 bits per heavy atom. The lowest BCUT2D eigenvalue weighted by Gasteiger charge is -2.30. The zero-order valence-electron chi connectivity index (χ0n) is 19.1. The van der Waals surface area contributed by atoms with Gasteiger partial charge < -0.3 is 14.4 Å². The molecular formula is C25H34N2O3. The predicted octanol–water partition coefficient (Wildman–Crippen LogP) is 5.37. The highest BCUT2D eigenvalue weighted by Crippen LogP contribution is 2.44. The van der Waals surface area contributed by atoms with Gasteiger partial charge in [-0.05, 0) is 63.8 Å². The van der Waals surface area contributed by atoms with Gasteiger partial charge in [0.25, 0.3) is 0 Å². The lowest BCUT2D eigenvalue weighted by molar-refractivity contribution is -0.0114. The van der Waals surface area contributed by atoms with Crippen molar-refractivity contribution in [3.05, 3.63) is 59.7 Å². The highest BCUT2D eigenvalue weighted by atomic mass is 16.6. The minimum Gasteiger partial charge on any atom is -0.443 e. The summed E-state index contributed by atoms with van der Waals surface area (Å²) in [7, 11) is 5.83. The van der Waals surface area contributed by atoms with Crippen LogP contribution in [0.4, 0.5) is 16.2 Å². The van der Waals surface area contributed by atoms with Crippen LogP contribution in [0.3, 0.4) is 0 Å². The number of aryl methyl sites for hydroxylation is 1. The Balaban J connectivity index is 1.74. The van der Waals surface area contributed by atoms with E-state index in [4.69, 9.17) is 9.47 Å². The third kappa shape index (κ3) is 4.78. The number of carbonyl (C=O) groups is 1. The maximum Gasteiger partial charge on any atom is 0.414 e. The molecule has 1 atom stereocenters. The molecule has 3 rings (SSSR count). The maximum atomic E-state index is 12.9. The van der Waals surface area contributed by atoms with Crippen LogP contribution in [0.1, 0.15) is 44.7 Å². The fourth-order valence-corrected chi connectivity index (χ4v) is 4.03. The van der Waals surface area contributed by atoms with Crippen LogP contribution >= 0.6 is 0 Å². The van der Waals surface area contributed by atoms with Gasteiger partial charge in [0.15, 0.2) is 0 Å². The van der Waals surface area contributed by atoms with E-state index in [1.165, 1.54) is 11.3 Å². The predicted molar refractivity (Wildman–Crippen MR) is 122 cm³/mol. The molecule has 2 aromatic rings. The maximum absolute atomic E-state index is 12.9. The molecule has 5 heteroatoms. The number of ether oxygens (including phenoxy) is 2. The first-order chi connectivity index (χ1) is 14.1. The number of fused-ring (bicyclic) bond motifs is 1. The molecule has 5 nitrogen and oxygen atoms in total. The van der Waals surface area contributed by atoms with Gasteiger partial charge in [0, 0.05) is 32.5 Å². The lowest BCUT2D eigenvalue weighted by Crippen LogP contribution is -2.41. The highest BCUT2D eigenvalue weighted by Gasteiger charge is 2.45. The van der Waals surface area contributed by atoms with Crippen molar-refractivity contribution in [3.63, 3.8) is 0 Å². The quantitative estimate of drug-likeness (QED) is 0.642. The van der Waals surface area contributed by atoms with Crippen LogP contribution < -0.4 is 9.80 Å². The fourth-order valence-electron chi connectivity index (χ4n) is 4.03. The lowest BCUT2D eigenvalue weighted by atomic mass is 9.89. The molecule has 0 aromatic heterocycles. The summed E-state index contributed by atoms with van der Waals surface area (Å²) < 4.78 is 11.7. The zero-order valence-corrected chi connectivity index (χ0v) is 19.1. The average molecular weight is 411 g/mol.